The van der Waals surface area contributed by atoms with Crippen molar-refractivity contribution in [3.8, 4) is 0 Å². The van der Waals surface area contributed by atoms with Gasteiger partial charge in [-0.1, -0.05) is 25.1 Å². The van der Waals surface area contributed by atoms with Crippen LogP contribution in [-0.4, -0.2) is 17.6 Å². The van der Waals surface area contributed by atoms with Gasteiger partial charge in [0.15, 0.2) is 0 Å². The predicted molar refractivity (Wildman–Crippen MR) is 104 cm³/mol. The molecule has 2 aromatic rings. The van der Waals surface area contributed by atoms with Crippen LogP contribution in [0.15, 0.2) is 42.5 Å². The molecule has 0 spiro atoms. The first-order valence-corrected chi connectivity index (χ1v) is 9.64. The van der Waals surface area contributed by atoms with Crippen molar-refractivity contribution >= 4 is 35.0 Å². The van der Waals surface area contributed by atoms with E-state index in [9.17, 15) is 14.0 Å². The van der Waals surface area contributed by atoms with E-state index in [4.69, 9.17) is 0 Å². The molecule has 0 saturated carbocycles. The summed E-state index contributed by atoms with van der Waals surface area (Å²) < 4.78 is 14.3. The number of anilines is 2. The summed E-state index contributed by atoms with van der Waals surface area (Å²) >= 11 is 1.47. The fourth-order valence-electron chi connectivity index (χ4n) is 2.92. The Bertz CT molecular complexity index is 823. The Balaban J connectivity index is 1.84. The van der Waals surface area contributed by atoms with E-state index in [0.717, 1.165) is 23.2 Å². The van der Waals surface area contributed by atoms with Crippen LogP contribution in [-0.2, 0) is 9.59 Å². The number of nitrogens with one attached hydrogen (secondary N) is 1. The molecule has 1 unspecified atom stereocenters. The molecule has 1 heterocycles. The molecule has 0 radical (unpaired) electrons. The number of aryl methyl sites for hydroxylation is 1. The number of rotatable bonds is 5. The fraction of sp³-hybridized carbons (Fsp3) is 0.300. The quantitative estimate of drug-likeness (QED) is 0.831. The van der Waals surface area contributed by atoms with E-state index < -0.39 is 5.82 Å². The highest BCUT2D eigenvalue weighted by molar-refractivity contribution is 8.00. The number of benzene rings is 2. The monoisotopic (exact) mass is 372 g/mol. The maximum atomic E-state index is 14.3. The Kier molecular flexibility index (Phi) is 5.61. The molecule has 0 bridgehead atoms. The number of hydrogen-bond acceptors (Lipinski definition) is 3. The number of hydrogen-bond donors (Lipinski definition) is 1. The Labute approximate surface area is 156 Å². The van der Waals surface area contributed by atoms with Crippen molar-refractivity contribution in [2.75, 3.05) is 16.0 Å². The van der Waals surface area contributed by atoms with Crippen molar-refractivity contribution in [1.82, 2.24) is 0 Å². The molecule has 4 nitrogen and oxygen atoms in total. The molecular formula is C20H21FN2O2S. The largest absolute Gasteiger partial charge is 0.326 e. The van der Waals surface area contributed by atoms with Gasteiger partial charge in [-0.25, -0.2) is 4.39 Å². The fourth-order valence-corrected chi connectivity index (χ4v) is 4.09. The Morgan fingerprint density at radius 2 is 2.00 bits per heavy atom. The van der Waals surface area contributed by atoms with E-state index in [-0.39, 0.29) is 17.2 Å². The predicted octanol–water partition coefficient (Wildman–Crippen LogP) is 4.65. The van der Waals surface area contributed by atoms with Gasteiger partial charge in [0.1, 0.15) is 11.2 Å². The highest BCUT2D eigenvalue weighted by Gasteiger charge is 2.35. The van der Waals surface area contributed by atoms with E-state index in [2.05, 4.69) is 5.32 Å². The summed E-state index contributed by atoms with van der Waals surface area (Å²) in [6.07, 6.45) is 1.27. The van der Waals surface area contributed by atoms with Crippen LogP contribution < -0.4 is 10.2 Å². The maximum absolute atomic E-state index is 14.3. The minimum atomic E-state index is -0.403. The highest BCUT2D eigenvalue weighted by atomic mass is 32.2. The molecule has 26 heavy (non-hydrogen) atoms. The van der Waals surface area contributed by atoms with Gasteiger partial charge in [-0.3, -0.25) is 14.5 Å². The normalized spacial score (nSPS) is 16.8. The summed E-state index contributed by atoms with van der Waals surface area (Å²) in [4.78, 5) is 25.6. The molecule has 0 aromatic heterocycles. The van der Waals surface area contributed by atoms with Gasteiger partial charge >= 0.3 is 0 Å². The zero-order chi connectivity index (χ0) is 18.7. The molecular weight excluding hydrogens is 351 g/mol. The molecule has 1 atom stereocenters. The summed E-state index contributed by atoms with van der Waals surface area (Å²) in [7, 11) is 0. The van der Waals surface area contributed by atoms with Crippen molar-refractivity contribution in [2.24, 2.45) is 0 Å². The minimum Gasteiger partial charge on any atom is -0.326 e. The van der Waals surface area contributed by atoms with Crippen molar-refractivity contribution in [3.05, 3.63) is 59.4 Å². The van der Waals surface area contributed by atoms with E-state index >= 15 is 0 Å². The van der Waals surface area contributed by atoms with Crippen LogP contribution >= 0.6 is 11.8 Å². The molecule has 0 aliphatic carbocycles. The van der Waals surface area contributed by atoms with Gasteiger partial charge in [0.2, 0.25) is 11.8 Å². The summed E-state index contributed by atoms with van der Waals surface area (Å²) in [5, 5.41) is 2.56. The van der Waals surface area contributed by atoms with Crippen molar-refractivity contribution in [3.63, 3.8) is 0 Å². The molecule has 2 aromatic carbocycles. The summed E-state index contributed by atoms with van der Waals surface area (Å²) in [5.41, 5.74) is 2.83. The number of nitrogens with zero attached hydrogens (tertiary/aromatic N) is 1. The number of carbonyl (C=O) groups excluding carboxylic acids is 2. The first-order valence-electron chi connectivity index (χ1n) is 8.59. The minimum absolute atomic E-state index is 0.0193. The van der Waals surface area contributed by atoms with E-state index in [1.165, 1.54) is 22.7 Å². The lowest BCUT2D eigenvalue weighted by atomic mass is 10.1. The lowest BCUT2D eigenvalue weighted by Crippen LogP contribution is -2.28. The van der Waals surface area contributed by atoms with Crippen LogP contribution in [0.1, 0.15) is 36.3 Å². The number of halogens is 1. The van der Waals surface area contributed by atoms with Gasteiger partial charge in [0.05, 0.1) is 11.4 Å². The lowest BCUT2D eigenvalue weighted by molar-refractivity contribution is -0.116. The van der Waals surface area contributed by atoms with Crippen LogP contribution in [0.2, 0.25) is 0 Å². The van der Waals surface area contributed by atoms with Crippen LogP contribution in [0.25, 0.3) is 0 Å². The van der Waals surface area contributed by atoms with Crippen LogP contribution in [0.5, 0.6) is 0 Å². The van der Waals surface area contributed by atoms with E-state index in [0.29, 0.717) is 17.9 Å². The average molecular weight is 372 g/mol. The molecule has 3 rings (SSSR count). The maximum Gasteiger partial charge on any atom is 0.238 e. The van der Waals surface area contributed by atoms with Gasteiger partial charge in [-0.05, 0) is 48.7 Å². The molecule has 136 valence electrons. The second kappa shape index (κ2) is 7.91. The number of carbonyl (C=O) groups is 2. The topological polar surface area (TPSA) is 49.4 Å². The van der Waals surface area contributed by atoms with Crippen LogP contribution in [0, 0.1) is 12.7 Å². The third-order valence-electron chi connectivity index (χ3n) is 4.19. The van der Waals surface area contributed by atoms with Gasteiger partial charge in [-0.15, -0.1) is 11.8 Å². The molecule has 2 amide bonds. The number of thioether (sulfide) groups is 1. The third-order valence-corrected chi connectivity index (χ3v) is 5.40. The van der Waals surface area contributed by atoms with Crippen molar-refractivity contribution < 1.29 is 14.0 Å². The zero-order valence-corrected chi connectivity index (χ0v) is 15.6. The second-order valence-corrected chi connectivity index (χ2v) is 7.37. The Morgan fingerprint density at radius 1 is 1.27 bits per heavy atom. The summed E-state index contributed by atoms with van der Waals surface area (Å²) in [6.45, 7) is 3.83. The first-order chi connectivity index (χ1) is 12.5. The smallest absolute Gasteiger partial charge is 0.238 e. The first kappa shape index (κ1) is 18.5. The zero-order valence-electron chi connectivity index (χ0n) is 14.8. The average Bonchev–Trinajstić information content (AvgIpc) is 2.99. The second-order valence-electron chi connectivity index (χ2n) is 6.30. The molecule has 1 aliphatic rings. The standard InChI is InChI=1S/C20H21FN2O2S/c1-3-4-18(24)22-15-8-6-14(7-9-15)20-23(19(25)12-26-20)17-11-13(2)5-10-16(17)21/h5-11,20H,3-4,12H2,1-2H3,(H,22,24). The van der Waals surface area contributed by atoms with Gasteiger partial charge in [0, 0.05) is 12.1 Å². The van der Waals surface area contributed by atoms with E-state index in [1.807, 2.05) is 38.1 Å². The van der Waals surface area contributed by atoms with Gasteiger partial charge in [0.25, 0.3) is 0 Å². The molecule has 1 N–H and O–H groups in total. The lowest BCUT2D eigenvalue weighted by Gasteiger charge is -2.25. The van der Waals surface area contributed by atoms with Crippen molar-refractivity contribution in [1.29, 1.82) is 0 Å². The molecule has 1 saturated heterocycles. The third kappa shape index (κ3) is 3.90. The summed E-state index contributed by atoms with van der Waals surface area (Å²) in [6, 6.07) is 12.2. The number of amides is 2. The molecule has 1 aliphatic heterocycles. The molecule has 6 heteroatoms. The highest BCUT2D eigenvalue weighted by Crippen LogP contribution is 2.42. The SMILES string of the molecule is CCCC(=O)Nc1ccc(C2SCC(=O)N2c2cc(C)ccc2F)cc1. The van der Waals surface area contributed by atoms with Crippen LogP contribution in [0.3, 0.4) is 0 Å². The van der Waals surface area contributed by atoms with E-state index in [1.54, 1.807) is 12.1 Å². The van der Waals surface area contributed by atoms with Gasteiger partial charge < -0.3 is 5.32 Å². The summed E-state index contributed by atoms with van der Waals surface area (Å²) in [5.74, 6) is -0.216. The Hall–Kier alpha value is -2.34. The molecule has 1 fully saturated rings. The Morgan fingerprint density at radius 3 is 2.69 bits per heavy atom. The van der Waals surface area contributed by atoms with Gasteiger partial charge in [-0.2, -0.15) is 0 Å². The van der Waals surface area contributed by atoms with Crippen molar-refractivity contribution in [2.45, 2.75) is 32.1 Å². The van der Waals surface area contributed by atoms with Crippen LogP contribution in [0.4, 0.5) is 15.8 Å².